The third-order valence-electron chi connectivity index (χ3n) is 13.5. The standard InChI is InChI=1S/C56H109NO6/c1-10-13-16-19-21-22-23-25-28-37-48-61-53(59)55(4,5)45-35-29-33-41-51(63-52(58)43-38-47-57(8)9)42-34-30-36-46-56(6,7)54(60)62-49-44-50(39-31-26-18-15-12-3)40-32-27-24-20-17-14-11-2/h50-51H,10-49H2,1-9H3. The summed E-state index contributed by atoms with van der Waals surface area (Å²) in [5.74, 6) is 0.423. The van der Waals surface area contributed by atoms with Crippen molar-refractivity contribution < 1.29 is 28.6 Å². The van der Waals surface area contributed by atoms with Crippen LogP contribution in [0.1, 0.15) is 286 Å². The molecular formula is C56H109NO6. The number of rotatable bonds is 47. The van der Waals surface area contributed by atoms with Gasteiger partial charge in [-0.2, -0.15) is 0 Å². The third kappa shape index (κ3) is 38.2. The summed E-state index contributed by atoms with van der Waals surface area (Å²) in [7, 11) is 4.06. The average molecular weight is 892 g/mol. The maximum Gasteiger partial charge on any atom is 0.311 e. The largest absolute Gasteiger partial charge is 0.465 e. The quantitative estimate of drug-likeness (QED) is 0.0342. The molecule has 0 heterocycles. The Bertz CT molecular complexity index is 1060. The van der Waals surface area contributed by atoms with Crippen molar-refractivity contribution >= 4 is 17.9 Å². The second-order valence-electron chi connectivity index (χ2n) is 21.2. The van der Waals surface area contributed by atoms with Gasteiger partial charge in [-0.15, -0.1) is 0 Å². The number of unbranched alkanes of at least 4 members (excludes halogenated alkanes) is 23. The Morgan fingerprint density at radius 3 is 1.22 bits per heavy atom. The van der Waals surface area contributed by atoms with E-state index in [2.05, 4.69) is 25.7 Å². The van der Waals surface area contributed by atoms with Gasteiger partial charge in [-0.25, -0.2) is 0 Å². The van der Waals surface area contributed by atoms with Crippen LogP contribution in [0.15, 0.2) is 0 Å². The highest BCUT2D eigenvalue weighted by molar-refractivity contribution is 5.76. The Morgan fingerprint density at radius 1 is 0.429 bits per heavy atom. The molecule has 7 heteroatoms. The molecule has 0 aromatic carbocycles. The van der Waals surface area contributed by atoms with Crippen molar-refractivity contribution in [2.45, 2.75) is 292 Å². The lowest BCUT2D eigenvalue weighted by molar-refractivity contribution is -0.155. The molecule has 63 heavy (non-hydrogen) atoms. The van der Waals surface area contributed by atoms with Crippen LogP contribution in [0.2, 0.25) is 0 Å². The summed E-state index contributed by atoms with van der Waals surface area (Å²) in [5, 5.41) is 0. The van der Waals surface area contributed by atoms with Crippen LogP contribution in [-0.2, 0) is 28.6 Å². The predicted octanol–water partition coefficient (Wildman–Crippen LogP) is 16.7. The summed E-state index contributed by atoms with van der Waals surface area (Å²) in [5.41, 5.74) is -0.987. The molecule has 0 rings (SSSR count). The van der Waals surface area contributed by atoms with Crippen LogP contribution < -0.4 is 0 Å². The first-order chi connectivity index (χ1) is 30.3. The number of ether oxygens (including phenoxy) is 3. The Morgan fingerprint density at radius 2 is 0.794 bits per heavy atom. The number of esters is 3. The molecular weight excluding hydrogens is 783 g/mol. The molecule has 0 saturated heterocycles. The number of nitrogens with zero attached hydrogens (tertiary/aromatic N) is 1. The molecule has 0 aromatic heterocycles. The molecule has 0 amide bonds. The molecule has 0 aliphatic rings. The fraction of sp³-hybridized carbons (Fsp3) is 0.946. The van der Waals surface area contributed by atoms with Crippen LogP contribution in [0.4, 0.5) is 0 Å². The Balaban J connectivity index is 4.72. The van der Waals surface area contributed by atoms with E-state index in [1.807, 2.05) is 41.8 Å². The van der Waals surface area contributed by atoms with Crippen molar-refractivity contribution in [3.63, 3.8) is 0 Å². The average Bonchev–Trinajstić information content (AvgIpc) is 3.24. The summed E-state index contributed by atoms with van der Waals surface area (Å²) < 4.78 is 17.7. The second kappa shape index (κ2) is 41.8. The van der Waals surface area contributed by atoms with Crippen LogP contribution >= 0.6 is 0 Å². The molecule has 0 spiro atoms. The summed E-state index contributed by atoms with van der Waals surface area (Å²) in [6, 6.07) is 0. The van der Waals surface area contributed by atoms with E-state index in [0.717, 1.165) is 96.4 Å². The number of carbonyl (C=O) groups is 3. The molecule has 0 radical (unpaired) electrons. The fourth-order valence-corrected chi connectivity index (χ4v) is 8.81. The molecule has 0 aromatic rings. The minimum absolute atomic E-state index is 0.0600. The van der Waals surface area contributed by atoms with Crippen molar-refractivity contribution in [3.05, 3.63) is 0 Å². The summed E-state index contributed by atoms with van der Waals surface area (Å²) >= 11 is 0. The molecule has 2 atom stereocenters. The molecule has 374 valence electrons. The second-order valence-corrected chi connectivity index (χ2v) is 21.2. The third-order valence-corrected chi connectivity index (χ3v) is 13.5. The normalized spacial score (nSPS) is 13.0. The number of hydrogen-bond donors (Lipinski definition) is 0. The van der Waals surface area contributed by atoms with Crippen LogP contribution in [0, 0.1) is 16.7 Å². The lowest BCUT2D eigenvalue weighted by atomic mass is 9.86. The molecule has 7 nitrogen and oxygen atoms in total. The van der Waals surface area contributed by atoms with Gasteiger partial charge in [-0.1, -0.05) is 194 Å². The lowest BCUT2D eigenvalue weighted by Crippen LogP contribution is -2.27. The molecule has 0 aliphatic heterocycles. The van der Waals surface area contributed by atoms with Crippen LogP contribution in [0.3, 0.4) is 0 Å². The lowest BCUT2D eigenvalue weighted by Gasteiger charge is -2.24. The summed E-state index contributed by atoms with van der Waals surface area (Å²) in [6.07, 6.45) is 42.5. The highest BCUT2D eigenvalue weighted by Gasteiger charge is 2.30. The van der Waals surface area contributed by atoms with E-state index in [1.54, 1.807) is 0 Å². The van der Waals surface area contributed by atoms with E-state index in [0.29, 0.717) is 25.6 Å². The van der Waals surface area contributed by atoms with E-state index in [4.69, 9.17) is 14.2 Å². The highest BCUT2D eigenvalue weighted by atomic mass is 16.5. The monoisotopic (exact) mass is 892 g/mol. The van der Waals surface area contributed by atoms with E-state index in [1.165, 1.54) is 141 Å². The van der Waals surface area contributed by atoms with Crippen molar-refractivity contribution in [1.82, 2.24) is 4.90 Å². The van der Waals surface area contributed by atoms with Gasteiger partial charge < -0.3 is 19.1 Å². The molecule has 0 N–H and O–H groups in total. The first-order valence-corrected chi connectivity index (χ1v) is 27.5. The fourth-order valence-electron chi connectivity index (χ4n) is 8.81. The molecule has 0 fully saturated rings. The van der Waals surface area contributed by atoms with E-state index < -0.39 is 10.8 Å². The summed E-state index contributed by atoms with van der Waals surface area (Å²) in [6.45, 7) is 16.9. The van der Waals surface area contributed by atoms with E-state index >= 15 is 0 Å². The molecule has 0 saturated carbocycles. The SMILES string of the molecule is CCCCCCCCCCCCOC(=O)C(C)(C)CCCCCC(CCCCCC(C)(C)C(=O)OCCC(CCCCCCC)CCCCCCCCC)OC(=O)CCCN(C)C. The minimum Gasteiger partial charge on any atom is -0.465 e. The Hall–Kier alpha value is -1.63. The van der Waals surface area contributed by atoms with Crippen LogP contribution in [0.25, 0.3) is 0 Å². The maximum absolute atomic E-state index is 13.3. The van der Waals surface area contributed by atoms with E-state index in [-0.39, 0.29) is 24.0 Å². The number of carbonyl (C=O) groups excluding carboxylic acids is 3. The van der Waals surface area contributed by atoms with Crippen molar-refractivity contribution in [1.29, 1.82) is 0 Å². The van der Waals surface area contributed by atoms with Gasteiger partial charge in [0.1, 0.15) is 6.10 Å². The van der Waals surface area contributed by atoms with Crippen LogP contribution in [-0.4, -0.2) is 62.8 Å². The topological polar surface area (TPSA) is 82.1 Å². The van der Waals surface area contributed by atoms with Crippen molar-refractivity contribution in [3.8, 4) is 0 Å². The maximum atomic E-state index is 13.3. The minimum atomic E-state index is -0.500. The smallest absolute Gasteiger partial charge is 0.311 e. The first-order valence-electron chi connectivity index (χ1n) is 27.5. The number of hydrogen-bond acceptors (Lipinski definition) is 7. The van der Waals surface area contributed by atoms with Gasteiger partial charge >= 0.3 is 17.9 Å². The predicted molar refractivity (Wildman–Crippen MR) is 269 cm³/mol. The zero-order valence-electron chi connectivity index (χ0n) is 43.8. The van der Waals surface area contributed by atoms with Gasteiger partial charge in [0.15, 0.2) is 0 Å². The van der Waals surface area contributed by atoms with Gasteiger partial charge in [0.25, 0.3) is 0 Å². The van der Waals surface area contributed by atoms with E-state index in [9.17, 15) is 14.4 Å². The van der Waals surface area contributed by atoms with Crippen molar-refractivity contribution in [2.24, 2.45) is 16.7 Å². The van der Waals surface area contributed by atoms with Gasteiger partial charge in [0.2, 0.25) is 0 Å². The van der Waals surface area contributed by atoms with Gasteiger partial charge in [-0.3, -0.25) is 14.4 Å². The Labute approximate surface area is 392 Å². The molecule has 0 aliphatic carbocycles. The van der Waals surface area contributed by atoms with Gasteiger partial charge in [0, 0.05) is 6.42 Å². The zero-order chi connectivity index (χ0) is 46.9. The zero-order valence-corrected chi connectivity index (χ0v) is 43.8. The first kappa shape index (κ1) is 61.4. The Kier molecular flexibility index (Phi) is 40.7. The summed E-state index contributed by atoms with van der Waals surface area (Å²) in [4.78, 5) is 41.1. The molecule has 2 unspecified atom stereocenters. The van der Waals surface area contributed by atoms with Crippen molar-refractivity contribution in [2.75, 3.05) is 33.9 Å². The van der Waals surface area contributed by atoms with Crippen LogP contribution in [0.5, 0.6) is 0 Å². The van der Waals surface area contributed by atoms with Gasteiger partial charge in [-0.05, 0) is 112 Å². The highest BCUT2D eigenvalue weighted by Crippen LogP contribution is 2.29. The van der Waals surface area contributed by atoms with Gasteiger partial charge in [0.05, 0.1) is 24.0 Å². The molecule has 0 bridgehead atoms.